The molecule has 6 heteroatoms. The van der Waals surface area contributed by atoms with Gasteiger partial charge < -0.3 is 23.4 Å². The van der Waals surface area contributed by atoms with E-state index in [-0.39, 0.29) is 50.3 Å². The van der Waals surface area contributed by atoms with Crippen molar-refractivity contribution in [1.29, 1.82) is 0 Å². The van der Waals surface area contributed by atoms with Gasteiger partial charge in [0.1, 0.15) is 11.2 Å². The first kappa shape index (κ1) is 45.5. The van der Waals surface area contributed by atoms with Gasteiger partial charge in [-0.3, -0.25) is 0 Å². The third-order valence-corrected chi connectivity index (χ3v) is 20.1. The predicted molar refractivity (Wildman–Crippen MR) is 416 cm³/mol. The van der Waals surface area contributed by atoms with Gasteiger partial charge in [-0.15, -0.1) is 0 Å². The third-order valence-electron chi connectivity index (χ3n) is 20.1. The lowest BCUT2D eigenvalue weighted by molar-refractivity contribution is 0.569. The molecule has 5 nitrogen and oxygen atoms in total. The fraction of sp³-hybridized carbons (Fsp3) is 0.0870. The van der Waals surface area contributed by atoms with Crippen LogP contribution in [0.5, 0.6) is 0 Å². The van der Waals surface area contributed by atoms with Crippen molar-refractivity contribution < 1.29 is 22.2 Å². The van der Waals surface area contributed by atoms with Gasteiger partial charge in [0.2, 0.25) is 0 Å². The molecular weight excluding hydrogens is 1190 g/mol. The molecule has 98 heavy (non-hydrogen) atoms. The van der Waals surface area contributed by atoms with Gasteiger partial charge in [0.25, 0.3) is 6.71 Å². The van der Waals surface area contributed by atoms with Gasteiger partial charge in [0, 0.05) is 72.2 Å². The van der Waals surface area contributed by atoms with Crippen molar-refractivity contribution in [3.63, 3.8) is 0 Å². The Balaban J connectivity index is 1.06. The fourth-order valence-electron chi connectivity index (χ4n) is 15.5. The first-order valence-electron chi connectivity index (χ1n) is 39.8. The number of hydrogen-bond acceptors (Lipinski definition) is 3. The Morgan fingerprint density at radius 1 is 0.327 bits per heavy atom. The van der Waals surface area contributed by atoms with Crippen molar-refractivity contribution in [2.45, 2.75) is 52.4 Å². The average Bonchev–Trinajstić information content (AvgIpc) is 1.49. The molecule has 0 atom stereocenters. The van der Waals surface area contributed by atoms with Crippen molar-refractivity contribution in [2.75, 3.05) is 9.80 Å². The normalized spacial score (nSPS) is 14.8. The molecule has 0 spiro atoms. The second-order valence-corrected chi connectivity index (χ2v) is 27.8. The van der Waals surface area contributed by atoms with Gasteiger partial charge in [-0.1, -0.05) is 266 Å². The van der Waals surface area contributed by atoms with Crippen molar-refractivity contribution in [1.82, 2.24) is 9.13 Å². The molecule has 19 rings (SSSR count). The molecule has 5 heterocycles. The van der Waals surface area contributed by atoms with Crippen molar-refractivity contribution >= 4 is 123 Å². The molecule has 0 bridgehead atoms. The molecule has 0 unspecified atom stereocenters. The number of anilines is 6. The molecule has 3 aromatic heterocycles. The number of benzene rings is 14. The Labute approximate surface area is 589 Å². The Morgan fingerprint density at radius 3 is 1.48 bits per heavy atom. The lowest BCUT2D eigenvalue weighted by atomic mass is 9.33. The minimum atomic E-state index is -0.728. The summed E-state index contributed by atoms with van der Waals surface area (Å²) in [5.41, 5.74) is 18.2. The number of fused-ring (bicyclic) bond motifs is 13. The van der Waals surface area contributed by atoms with Crippen LogP contribution in [0.3, 0.4) is 0 Å². The summed E-state index contributed by atoms with van der Waals surface area (Å²) in [4.78, 5) is 4.70. The van der Waals surface area contributed by atoms with Crippen LogP contribution in [0.2, 0.25) is 0 Å². The monoisotopic (exact) mass is 1270 g/mol. The van der Waals surface area contributed by atoms with Gasteiger partial charge in [-0.05, 0) is 157 Å². The zero-order valence-electron chi connectivity index (χ0n) is 67.7. The van der Waals surface area contributed by atoms with Crippen LogP contribution in [0.25, 0.3) is 121 Å². The Hall–Kier alpha value is -11.9. The Bertz CT molecular complexity index is 6780. The number of nitrogens with zero attached hydrogens (tertiary/aromatic N) is 4. The zero-order chi connectivity index (χ0) is 77.0. The van der Waals surface area contributed by atoms with Crippen LogP contribution >= 0.6 is 0 Å². The molecule has 2 aliphatic heterocycles. The third kappa shape index (κ3) is 8.87. The average molecular weight is 1270 g/mol. The first-order chi connectivity index (χ1) is 53.3. The van der Waals surface area contributed by atoms with E-state index in [2.05, 4.69) is 171 Å². The van der Waals surface area contributed by atoms with Gasteiger partial charge in [-0.25, -0.2) is 0 Å². The van der Waals surface area contributed by atoms with Crippen molar-refractivity contribution in [3.05, 3.63) is 320 Å². The predicted octanol–water partition coefficient (Wildman–Crippen LogP) is 23.1. The van der Waals surface area contributed by atoms with Crippen molar-refractivity contribution in [2.24, 2.45) is 0 Å². The maximum Gasteiger partial charge on any atom is 0.252 e. The van der Waals surface area contributed by atoms with E-state index in [1.807, 2.05) is 115 Å². The topological polar surface area (TPSA) is 29.5 Å². The summed E-state index contributed by atoms with van der Waals surface area (Å²) in [7, 11) is 0. The van der Waals surface area contributed by atoms with Gasteiger partial charge in [0.05, 0.1) is 56.6 Å². The van der Waals surface area contributed by atoms with Crippen LogP contribution < -0.4 is 26.2 Å². The highest BCUT2D eigenvalue weighted by atomic mass is 16.3. The molecule has 14 aromatic carbocycles. The highest BCUT2D eigenvalue weighted by Crippen LogP contribution is 2.56. The van der Waals surface area contributed by atoms with Gasteiger partial charge >= 0.3 is 0 Å². The maximum atomic E-state index is 9.89. The highest BCUT2D eigenvalue weighted by molar-refractivity contribution is 7.00. The molecule has 0 amide bonds. The molecule has 466 valence electrons. The summed E-state index contributed by atoms with van der Waals surface area (Å²) >= 11 is 0. The minimum absolute atomic E-state index is 0.0196. The van der Waals surface area contributed by atoms with E-state index in [4.69, 9.17) is 11.3 Å². The quantitative estimate of drug-likeness (QED) is 0.142. The van der Waals surface area contributed by atoms with Gasteiger partial charge in [-0.2, -0.15) is 0 Å². The SMILES string of the molecule is [2H]c1c([2H])c([2H])c(-c2ccc3c(c2)N(c2c(-c4ccccc4)ccc4oc5ccccc5c24)c2cc(-c4cc(C(C)(C)C)cc(C(C)(C)C)c4)cc4c2B3c2ccc(-n3c5c([2H])c([2H])c([2H])c([2H])c5c5c([2H])c([2H])c([2H])c([2H])c53)cc2N4c2c(-c3ccccc3)ccc3c2c2ccccc2n3-c2ccccc2)c([2H])c1[2H]. The van der Waals surface area contributed by atoms with Crippen LogP contribution in [-0.2, 0) is 10.8 Å². The number of aromatic nitrogens is 2. The van der Waals surface area contributed by atoms with Gasteiger partial charge in [0.15, 0.2) is 0 Å². The van der Waals surface area contributed by atoms with Crippen LogP contribution in [0, 0.1) is 0 Å². The second-order valence-electron chi connectivity index (χ2n) is 27.8. The van der Waals surface area contributed by atoms with E-state index in [1.54, 1.807) is 4.57 Å². The molecule has 17 aromatic rings. The highest BCUT2D eigenvalue weighted by Gasteiger charge is 2.46. The molecule has 0 saturated heterocycles. The summed E-state index contributed by atoms with van der Waals surface area (Å²) < 4.78 is 133. The standard InChI is InChI=1S/C92H69BN4O/c1-91(2,3)64-51-62(52-65(56-64)92(4,5)6)63-54-82-88-83(55-63)97(89-68(59-29-13-8-14-30-59)45-49-79-86(89)72-37-21-25-41-78(72)94(79)66-33-17-10-18-34-66)81-57-67(95-76-39-23-19-35-70(76)71-36-20-24-40-77(71)95)44-48-75(81)93(88)74-47-43-61(58-27-11-7-12-28-58)53-80(74)96(82)90-69(60-31-15-9-16-32-60)46-50-85-87(90)73-38-22-26-42-84(73)98-85/h7-57H,1-6H3/i7D,11D,12D,19D,20D,23D,24D,27D,28D,35D,36D,39D,40D. The van der Waals surface area contributed by atoms with Crippen molar-refractivity contribution in [3.8, 4) is 55.9 Å². The Morgan fingerprint density at radius 2 is 0.837 bits per heavy atom. The number of furan rings is 1. The second kappa shape index (κ2) is 21.8. The largest absolute Gasteiger partial charge is 0.456 e. The summed E-state index contributed by atoms with van der Waals surface area (Å²) in [6, 6.07) is 73.0. The van der Waals surface area contributed by atoms with Crippen LogP contribution in [0.1, 0.15) is 70.5 Å². The molecule has 0 saturated carbocycles. The van der Waals surface area contributed by atoms with E-state index in [9.17, 15) is 11.0 Å². The lowest BCUT2D eigenvalue weighted by Crippen LogP contribution is -2.61. The fourth-order valence-corrected chi connectivity index (χ4v) is 15.5. The maximum absolute atomic E-state index is 9.89. The van der Waals surface area contributed by atoms with E-state index < -0.39 is 73.2 Å². The van der Waals surface area contributed by atoms with E-state index in [0.717, 1.165) is 122 Å². The smallest absolute Gasteiger partial charge is 0.252 e. The zero-order valence-corrected chi connectivity index (χ0v) is 54.7. The molecule has 0 fully saturated rings. The number of rotatable bonds is 8. The van der Waals surface area contributed by atoms with Crippen LogP contribution in [0.15, 0.2) is 313 Å². The Kier molecular flexibility index (Phi) is 10.1. The first-order valence-corrected chi connectivity index (χ1v) is 33.3. The molecule has 0 N–H and O–H groups in total. The molecule has 0 aliphatic carbocycles. The number of para-hydroxylation sites is 5. The van der Waals surface area contributed by atoms with E-state index in [0.29, 0.717) is 33.8 Å². The summed E-state index contributed by atoms with van der Waals surface area (Å²) in [5.74, 6) is 0. The van der Waals surface area contributed by atoms with Crippen LogP contribution in [0.4, 0.5) is 34.1 Å². The summed E-state index contributed by atoms with van der Waals surface area (Å²) in [6.45, 7) is 12.7. The summed E-state index contributed by atoms with van der Waals surface area (Å²) in [5, 5.41) is 3.37. The molecule has 2 aliphatic rings. The minimum Gasteiger partial charge on any atom is -0.456 e. The van der Waals surface area contributed by atoms with E-state index in [1.165, 1.54) is 0 Å². The lowest BCUT2D eigenvalue weighted by Gasteiger charge is -2.45. The van der Waals surface area contributed by atoms with Crippen LogP contribution in [-0.4, -0.2) is 15.8 Å². The van der Waals surface area contributed by atoms with E-state index >= 15 is 0 Å². The molecular formula is C92H69BN4O. The summed E-state index contributed by atoms with van der Waals surface area (Å²) in [6.07, 6.45) is 0. The number of hydrogen-bond donors (Lipinski definition) is 0. The molecule has 0 radical (unpaired) electrons.